The van der Waals surface area contributed by atoms with Crippen LogP contribution in [0.25, 0.3) is 0 Å². The van der Waals surface area contributed by atoms with Crippen LogP contribution in [0.1, 0.15) is 53.9 Å². The van der Waals surface area contributed by atoms with Crippen LogP contribution >= 0.6 is 0 Å². The van der Waals surface area contributed by atoms with Crippen LogP contribution in [0, 0.1) is 11.3 Å². The first-order chi connectivity index (χ1) is 5.48. The first kappa shape index (κ1) is 9.83. The molecule has 1 rings (SSSR count). The fourth-order valence-corrected chi connectivity index (χ4v) is 2.53. The van der Waals surface area contributed by atoms with Crippen LogP contribution in [0.4, 0.5) is 0 Å². The topological polar surface area (TPSA) is 0 Å². The summed E-state index contributed by atoms with van der Waals surface area (Å²) in [4.78, 5) is 0. The molecule has 0 heteroatoms. The van der Waals surface area contributed by atoms with E-state index in [1.165, 1.54) is 19.3 Å². The molecule has 0 aliphatic heterocycles. The molecule has 0 aromatic rings. The highest BCUT2D eigenvalue weighted by Crippen LogP contribution is 2.49. The molecule has 0 spiro atoms. The van der Waals surface area contributed by atoms with Crippen LogP contribution in [-0.4, -0.2) is 0 Å². The number of hydrogen-bond donors (Lipinski definition) is 0. The van der Waals surface area contributed by atoms with Gasteiger partial charge in [-0.25, -0.2) is 0 Å². The van der Waals surface area contributed by atoms with Gasteiger partial charge in [0.2, 0.25) is 0 Å². The van der Waals surface area contributed by atoms with Crippen LogP contribution < -0.4 is 0 Å². The lowest BCUT2D eigenvalue weighted by molar-refractivity contribution is 0.283. The zero-order valence-corrected chi connectivity index (χ0v) is 9.20. The van der Waals surface area contributed by atoms with Gasteiger partial charge >= 0.3 is 0 Å². The number of rotatable bonds is 1. The summed E-state index contributed by atoms with van der Waals surface area (Å²) in [5.41, 5.74) is 3.81. The minimum atomic E-state index is 0.513. The summed E-state index contributed by atoms with van der Waals surface area (Å²) < 4.78 is 0. The van der Waals surface area contributed by atoms with Gasteiger partial charge in [0, 0.05) is 0 Å². The van der Waals surface area contributed by atoms with Crippen LogP contribution in [0.2, 0.25) is 0 Å². The van der Waals surface area contributed by atoms with Gasteiger partial charge < -0.3 is 0 Å². The summed E-state index contributed by atoms with van der Waals surface area (Å²) in [5.74, 6) is 0.796. The Morgan fingerprint density at radius 3 is 2.25 bits per heavy atom. The standard InChI is InChI=1S/C12H22/c1-9(2)11-7-6-8-12(11,5)10(3)4/h10H,6-8H2,1-5H3/t12-/m0/s1. The fourth-order valence-electron chi connectivity index (χ4n) is 2.53. The second-order valence-corrected chi connectivity index (χ2v) is 4.90. The highest BCUT2D eigenvalue weighted by atomic mass is 14.4. The highest BCUT2D eigenvalue weighted by Gasteiger charge is 2.36. The van der Waals surface area contributed by atoms with E-state index in [9.17, 15) is 0 Å². The normalized spacial score (nSPS) is 30.0. The van der Waals surface area contributed by atoms with Crippen LogP contribution in [0.5, 0.6) is 0 Å². The Hall–Kier alpha value is -0.260. The minimum absolute atomic E-state index is 0.513. The van der Waals surface area contributed by atoms with E-state index < -0.39 is 0 Å². The van der Waals surface area contributed by atoms with Crippen molar-refractivity contribution in [1.82, 2.24) is 0 Å². The average molecular weight is 166 g/mol. The van der Waals surface area contributed by atoms with Crippen molar-refractivity contribution in [3.05, 3.63) is 11.1 Å². The number of allylic oxidation sites excluding steroid dienone is 2. The van der Waals surface area contributed by atoms with Crippen molar-refractivity contribution in [2.75, 3.05) is 0 Å². The maximum absolute atomic E-state index is 2.44. The van der Waals surface area contributed by atoms with Gasteiger partial charge in [0.15, 0.2) is 0 Å². The lowest BCUT2D eigenvalue weighted by atomic mass is 9.73. The Balaban J connectivity index is 2.98. The summed E-state index contributed by atoms with van der Waals surface area (Å²) in [7, 11) is 0. The first-order valence-electron chi connectivity index (χ1n) is 5.15. The molecule has 1 saturated carbocycles. The van der Waals surface area contributed by atoms with Crippen LogP contribution in [0.15, 0.2) is 11.1 Å². The van der Waals surface area contributed by atoms with Gasteiger partial charge in [0.1, 0.15) is 0 Å². The van der Waals surface area contributed by atoms with Crippen molar-refractivity contribution in [2.45, 2.75) is 53.9 Å². The predicted octanol–water partition coefficient (Wildman–Crippen LogP) is 4.17. The third-order valence-electron chi connectivity index (χ3n) is 3.69. The summed E-state index contributed by atoms with van der Waals surface area (Å²) in [6.07, 6.45) is 4.14. The third-order valence-corrected chi connectivity index (χ3v) is 3.69. The lowest BCUT2D eigenvalue weighted by Gasteiger charge is -2.32. The minimum Gasteiger partial charge on any atom is -0.0767 e. The van der Waals surface area contributed by atoms with E-state index in [4.69, 9.17) is 0 Å². The molecular formula is C12H22. The van der Waals surface area contributed by atoms with E-state index >= 15 is 0 Å². The molecule has 0 amide bonds. The predicted molar refractivity (Wildman–Crippen MR) is 55.2 cm³/mol. The molecule has 0 nitrogen and oxygen atoms in total. The second kappa shape index (κ2) is 3.24. The van der Waals surface area contributed by atoms with Gasteiger partial charge in [-0.3, -0.25) is 0 Å². The quantitative estimate of drug-likeness (QED) is 0.513. The molecular weight excluding hydrogens is 144 g/mol. The summed E-state index contributed by atoms with van der Waals surface area (Å²) in [6, 6.07) is 0. The van der Waals surface area contributed by atoms with E-state index in [0.29, 0.717) is 5.41 Å². The summed E-state index contributed by atoms with van der Waals surface area (Å²) in [5, 5.41) is 0. The van der Waals surface area contributed by atoms with Crippen molar-refractivity contribution in [3.8, 4) is 0 Å². The first-order valence-corrected chi connectivity index (χ1v) is 5.15. The molecule has 1 fully saturated rings. The zero-order chi connectivity index (χ0) is 9.35. The van der Waals surface area contributed by atoms with E-state index in [1.807, 2.05) is 0 Å². The summed E-state index contributed by atoms with van der Waals surface area (Å²) >= 11 is 0. The van der Waals surface area contributed by atoms with Gasteiger partial charge in [-0.1, -0.05) is 31.9 Å². The van der Waals surface area contributed by atoms with Crippen LogP contribution in [-0.2, 0) is 0 Å². The Morgan fingerprint density at radius 2 is 1.92 bits per heavy atom. The molecule has 0 aromatic heterocycles. The Labute approximate surface area is 77.1 Å². The van der Waals surface area contributed by atoms with Crippen molar-refractivity contribution in [2.24, 2.45) is 11.3 Å². The molecule has 0 aromatic carbocycles. The molecule has 1 atom stereocenters. The maximum atomic E-state index is 2.44. The van der Waals surface area contributed by atoms with E-state index in [1.54, 1.807) is 11.1 Å². The third kappa shape index (κ3) is 1.44. The fraction of sp³-hybridized carbons (Fsp3) is 0.833. The van der Waals surface area contributed by atoms with Gasteiger partial charge in [0.05, 0.1) is 0 Å². The van der Waals surface area contributed by atoms with E-state index in [-0.39, 0.29) is 0 Å². The molecule has 1 aliphatic rings. The van der Waals surface area contributed by atoms with Crippen LogP contribution in [0.3, 0.4) is 0 Å². The van der Waals surface area contributed by atoms with Gasteiger partial charge in [-0.2, -0.15) is 0 Å². The Kier molecular flexibility index (Phi) is 2.65. The molecule has 0 bridgehead atoms. The average Bonchev–Trinajstić information content (AvgIpc) is 2.32. The smallest absolute Gasteiger partial charge is 0.00908 e. The van der Waals surface area contributed by atoms with Gasteiger partial charge in [-0.15, -0.1) is 0 Å². The Bertz CT molecular complexity index is 194. The summed E-state index contributed by atoms with van der Waals surface area (Å²) in [6.45, 7) is 11.7. The highest BCUT2D eigenvalue weighted by molar-refractivity contribution is 5.23. The largest absolute Gasteiger partial charge is 0.0767 e. The van der Waals surface area contributed by atoms with Crippen molar-refractivity contribution in [1.29, 1.82) is 0 Å². The molecule has 0 heterocycles. The number of hydrogen-bond acceptors (Lipinski definition) is 0. The second-order valence-electron chi connectivity index (χ2n) is 4.90. The molecule has 0 saturated heterocycles. The maximum Gasteiger partial charge on any atom is -0.00908 e. The molecule has 70 valence electrons. The Morgan fingerprint density at radius 1 is 1.33 bits per heavy atom. The van der Waals surface area contributed by atoms with E-state index in [0.717, 1.165) is 5.92 Å². The van der Waals surface area contributed by atoms with Crippen molar-refractivity contribution >= 4 is 0 Å². The molecule has 0 N–H and O–H groups in total. The van der Waals surface area contributed by atoms with Gasteiger partial charge in [-0.05, 0) is 44.4 Å². The zero-order valence-electron chi connectivity index (χ0n) is 9.20. The molecule has 0 radical (unpaired) electrons. The van der Waals surface area contributed by atoms with Crippen molar-refractivity contribution < 1.29 is 0 Å². The molecule has 12 heavy (non-hydrogen) atoms. The SMILES string of the molecule is CC(C)=C1CCC[C@@]1(C)C(C)C. The lowest BCUT2D eigenvalue weighted by Crippen LogP contribution is -2.21. The van der Waals surface area contributed by atoms with E-state index in [2.05, 4.69) is 34.6 Å². The van der Waals surface area contributed by atoms with Gasteiger partial charge in [0.25, 0.3) is 0 Å². The van der Waals surface area contributed by atoms with Crippen molar-refractivity contribution in [3.63, 3.8) is 0 Å². The molecule has 0 unspecified atom stereocenters. The molecule has 1 aliphatic carbocycles. The monoisotopic (exact) mass is 166 g/mol.